The number of rotatable bonds is 4. The summed E-state index contributed by atoms with van der Waals surface area (Å²) in [5.41, 5.74) is 5.73. The van der Waals surface area contributed by atoms with Crippen molar-refractivity contribution < 1.29 is 5.11 Å². The first-order valence-corrected chi connectivity index (χ1v) is 6.54. The molecule has 0 saturated carbocycles. The Morgan fingerprint density at radius 2 is 1.94 bits per heavy atom. The zero-order valence-corrected chi connectivity index (χ0v) is 10.6. The lowest BCUT2D eigenvalue weighted by Gasteiger charge is -2.22. The van der Waals surface area contributed by atoms with E-state index in [2.05, 4.69) is 20.2 Å². The minimum Gasteiger partial charge on any atom is -0.395 e. The van der Waals surface area contributed by atoms with Crippen LogP contribution < -0.4 is 16.0 Å². The Balaban J connectivity index is 2.12. The van der Waals surface area contributed by atoms with Crippen molar-refractivity contribution in [1.82, 2.24) is 9.97 Å². The van der Waals surface area contributed by atoms with Gasteiger partial charge >= 0.3 is 0 Å². The summed E-state index contributed by atoms with van der Waals surface area (Å²) in [6, 6.07) is 1.90. The number of hydrogen-bond donors (Lipinski definition) is 3. The molecule has 6 nitrogen and oxygen atoms in total. The summed E-state index contributed by atoms with van der Waals surface area (Å²) < 4.78 is 0. The first-order chi connectivity index (χ1) is 8.79. The summed E-state index contributed by atoms with van der Waals surface area (Å²) in [4.78, 5) is 10.7. The van der Waals surface area contributed by atoms with E-state index < -0.39 is 0 Å². The summed E-state index contributed by atoms with van der Waals surface area (Å²) in [6.45, 7) is 2.59. The van der Waals surface area contributed by atoms with Crippen molar-refractivity contribution in [3.8, 4) is 0 Å². The van der Waals surface area contributed by atoms with Crippen molar-refractivity contribution in [2.24, 2.45) is 0 Å². The van der Waals surface area contributed by atoms with E-state index in [4.69, 9.17) is 10.8 Å². The Morgan fingerprint density at radius 3 is 2.61 bits per heavy atom. The average molecular weight is 251 g/mol. The number of hydrogen-bond acceptors (Lipinski definition) is 6. The van der Waals surface area contributed by atoms with E-state index in [-0.39, 0.29) is 12.6 Å². The Kier molecular flexibility index (Phi) is 4.58. The number of anilines is 3. The third kappa shape index (κ3) is 3.46. The van der Waals surface area contributed by atoms with Crippen molar-refractivity contribution >= 4 is 17.6 Å². The monoisotopic (exact) mass is 251 g/mol. The fourth-order valence-corrected chi connectivity index (χ4v) is 2.19. The number of nitrogens with zero attached hydrogens (tertiary/aromatic N) is 3. The molecule has 4 N–H and O–H groups in total. The van der Waals surface area contributed by atoms with E-state index >= 15 is 0 Å². The van der Waals surface area contributed by atoms with Crippen LogP contribution in [-0.4, -0.2) is 41.3 Å². The summed E-state index contributed by atoms with van der Waals surface area (Å²) in [7, 11) is 0. The molecule has 0 amide bonds. The predicted octanol–water partition coefficient (Wildman–Crippen LogP) is 0.843. The Hall–Kier alpha value is -1.56. The lowest BCUT2D eigenvalue weighted by atomic mass is 10.2. The van der Waals surface area contributed by atoms with Crippen LogP contribution in [0.15, 0.2) is 6.07 Å². The number of aliphatic hydroxyl groups is 1. The van der Waals surface area contributed by atoms with Gasteiger partial charge in [0.2, 0.25) is 5.95 Å². The van der Waals surface area contributed by atoms with Crippen LogP contribution in [0.5, 0.6) is 0 Å². The van der Waals surface area contributed by atoms with Crippen molar-refractivity contribution in [3.05, 3.63) is 6.07 Å². The molecule has 100 valence electrons. The predicted molar refractivity (Wildman–Crippen MR) is 72.7 cm³/mol. The zero-order valence-electron chi connectivity index (χ0n) is 10.6. The fourth-order valence-electron chi connectivity index (χ4n) is 2.19. The van der Waals surface area contributed by atoms with Gasteiger partial charge in [-0.05, 0) is 12.8 Å². The molecule has 0 atom stereocenters. The molecule has 6 heteroatoms. The normalized spacial score (nSPS) is 16.4. The highest BCUT2D eigenvalue weighted by atomic mass is 16.3. The average Bonchev–Trinajstić information content (AvgIpc) is 2.64. The molecule has 1 aromatic heterocycles. The molecular formula is C12H21N5O. The Bertz CT molecular complexity index is 377. The quantitative estimate of drug-likeness (QED) is 0.735. The third-order valence-corrected chi connectivity index (χ3v) is 3.08. The van der Waals surface area contributed by atoms with E-state index in [0.717, 1.165) is 18.9 Å². The lowest BCUT2D eigenvalue weighted by Crippen LogP contribution is -2.25. The van der Waals surface area contributed by atoms with Crippen LogP contribution in [-0.2, 0) is 0 Å². The third-order valence-electron chi connectivity index (χ3n) is 3.08. The Morgan fingerprint density at radius 1 is 1.22 bits per heavy atom. The SMILES string of the molecule is Nc1nc(NCCO)cc(N2CCCCCC2)n1. The molecule has 1 aliphatic heterocycles. The van der Waals surface area contributed by atoms with E-state index in [1.165, 1.54) is 25.7 Å². The summed E-state index contributed by atoms with van der Waals surface area (Å²) in [5, 5.41) is 11.8. The van der Waals surface area contributed by atoms with Gasteiger partial charge in [0, 0.05) is 25.7 Å². The van der Waals surface area contributed by atoms with Crippen LogP contribution in [0.4, 0.5) is 17.6 Å². The molecule has 1 fully saturated rings. The largest absolute Gasteiger partial charge is 0.395 e. The molecule has 0 spiro atoms. The van der Waals surface area contributed by atoms with Crippen molar-refractivity contribution in [3.63, 3.8) is 0 Å². The topological polar surface area (TPSA) is 87.3 Å². The summed E-state index contributed by atoms with van der Waals surface area (Å²) >= 11 is 0. The van der Waals surface area contributed by atoms with Crippen LogP contribution in [0.1, 0.15) is 25.7 Å². The molecule has 2 heterocycles. The minimum atomic E-state index is 0.0724. The zero-order chi connectivity index (χ0) is 12.8. The van der Waals surface area contributed by atoms with Gasteiger partial charge in [-0.3, -0.25) is 0 Å². The van der Waals surface area contributed by atoms with Gasteiger partial charge in [-0.15, -0.1) is 0 Å². The van der Waals surface area contributed by atoms with Gasteiger partial charge in [-0.2, -0.15) is 9.97 Å². The van der Waals surface area contributed by atoms with Crippen LogP contribution in [0.2, 0.25) is 0 Å². The number of nitrogens with two attached hydrogens (primary N) is 1. The maximum absolute atomic E-state index is 8.80. The van der Waals surface area contributed by atoms with Crippen LogP contribution in [0.3, 0.4) is 0 Å². The van der Waals surface area contributed by atoms with Crippen LogP contribution in [0, 0.1) is 0 Å². The molecule has 18 heavy (non-hydrogen) atoms. The molecule has 0 aliphatic carbocycles. The van der Waals surface area contributed by atoms with Gasteiger partial charge in [-0.25, -0.2) is 0 Å². The summed E-state index contributed by atoms with van der Waals surface area (Å²) in [5.74, 6) is 1.83. The maximum Gasteiger partial charge on any atom is 0.223 e. The van der Waals surface area contributed by atoms with E-state index in [1.54, 1.807) is 0 Å². The second-order valence-corrected chi connectivity index (χ2v) is 4.52. The van der Waals surface area contributed by atoms with Gasteiger partial charge in [0.15, 0.2) is 0 Å². The molecule has 0 radical (unpaired) electrons. The van der Waals surface area contributed by atoms with Crippen LogP contribution in [0.25, 0.3) is 0 Å². The highest BCUT2D eigenvalue weighted by Crippen LogP contribution is 2.20. The van der Waals surface area contributed by atoms with E-state index in [1.807, 2.05) is 6.07 Å². The number of aliphatic hydroxyl groups excluding tert-OH is 1. The Labute approximate surface area is 107 Å². The highest BCUT2D eigenvalue weighted by molar-refractivity contribution is 5.52. The van der Waals surface area contributed by atoms with Gasteiger partial charge in [0.05, 0.1) is 6.61 Å². The molecule has 0 aromatic carbocycles. The fraction of sp³-hybridized carbons (Fsp3) is 0.667. The molecule has 0 unspecified atom stereocenters. The molecule has 0 bridgehead atoms. The van der Waals surface area contributed by atoms with Crippen molar-refractivity contribution in [2.75, 3.05) is 42.2 Å². The number of aromatic nitrogens is 2. The van der Waals surface area contributed by atoms with Gasteiger partial charge in [-0.1, -0.05) is 12.8 Å². The second-order valence-electron chi connectivity index (χ2n) is 4.52. The molecule has 2 rings (SSSR count). The maximum atomic E-state index is 8.80. The highest BCUT2D eigenvalue weighted by Gasteiger charge is 2.12. The number of nitrogen functional groups attached to an aromatic ring is 1. The molecule has 1 saturated heterocycles. The van der Waals surface area contributed by atoms with Crippen molar-refractivity contribution in [1.29, 1.82) is 0 Å². The number of nitrogens with one attached hydrogen (secondary N) is 1. The second kappa shape index (κ2) is 6.39. The summed E-state index contributed by atoms with van der Waals surface area (Å²) in [6.07, 6.45) is 4.96. The van der Waals surface area contributed by atoms with Crippen molar-refractivity contribution in [2.45, 2.75) is 25.7 Å². The molecular weight excluding hydrogens is 230 g/mol. The smallest absolute Gasteiger partial charge is 0.223 e. The molecule has 1 aliphatic rings. The lowest BCUT2D eigenvalue weighted by molar-refractivity contribution is 0.311. The van der Waals surface area contributed by atoms with Crippen LogP contribution >= 0.6 is 0 Å². The standard InChI is InChI=1S/C12H21N5O/c13-12-15-10(14-5-8-18)9-11(16-12)17-6-3-1-2-4-7-17/h9,18H,1-8H2,(H3,13,14,15,16). The van der Waals surface area contributed by atoms with Gasteiger partial charge in [0.1, 0.15) is 11.6 Å². The minimum absolute atomic E-state index is 0.0724. The van der Waals surface area contributed by atoms with Gasteiger partial charge in [0.25, 0.3) is 0 Å². The van der Waals surface area contributed by atoms with E-state index in [9.17, 15) is 0 Å². The van der Waals surface area contributed by atoms with E-state index in [0.29, 0.717) is 12.4 Å². The van der Waals surface area contributed by atoms with Gasteiger partial charge < -0.3 is 21.1 Å². The first kappa shape index (κ1) is 12.9. The first-order valence-electron chi connectivity index (χ1n) is 6.54. The molecule has 1 aromatic rings.